The first-order chi connectivity index (χ1) is 6.16. The summed E-state index contributed by atoms with van der Waals surface area (Å²) in [6.45, 7) is 0. The third-order valence-electron chi connectivity index (χ3n) is 1.60. The van der Waals surface area contributed by atoms with E-state index in [-0.39, 0.29) is 9.71 Å². The van der Waals surface area contributed by atoms with Crippen molar-refractivity contribution >= 4 is 37.8 Å². The van der Waals surface area contributed by atoms with E-state index >= 15 is 0 Å². The van der Waals surface area contributed by atoms with Gasteiger partial charge < -0.3 is 4.74 Å². The van der Waals surface area contributed by atoms with Gasteiger partial charge in [-0.25, -0.2) is 4.79 Å². The van der Waals surface area contributed by atoms with E-state index in [0.29, 0.717) is 5.56 Å². The summed E-state index contributed by atoms with van der Waals surface area (Å²) in [4.78, 5) is 11.3. The van der Waals surface area contributed by atoms with Crippen LogP contribution in [0.3, 0.4) is 0 Å². The average Bonchev–Trinajstić information content (AvgIpc) is 2.16. The Labute approximate surface area is 93.5 Å². The van der Waals surface area contributed by atoms with E-state index in [1.54, 1.807) is 12.1 Å². The number of benzene rings is 1. The van der Waals surface area contributed by atoms with Crippen LogP contribution >= 0.6 is 31.9 Å². The summed E-state index contributed by atoms with van der Waals surface area (Å²) < 4.78 is 4.61. The summed E-state index contributed by atoms with van der Waals surface area (Å²) in [7, 11) is 1.37. The Hall–Kier alpha value is -0.350. The highest BCUT2D eigenvalue weighted by Gasteiger charge is 2.14. The molecule has 0 aliphatic carbocycles. The fourth-order valence-corrected chi connectivity index (χ4v) is 1.78. The van der Waals surface area contributed by atoms with Crippen molar-refractivity contribution < 1.29 is 9.53 Å². The Morgan fingerprint density at radius 1 is 1.38 bits per heavy atom. The molecule has 13 heavy (non-hydrogen) atoms. The lowest BCUT2D eigenvalue weighted by Gasteiger charge is -2.07. The fraction of sp³-hybridized carbons (Fsp3) is 0.222. The van der Waals surface area contributed by atoms with Crippen LogP contribution in [0.25, 0.3) is 0 Å². The van der Waals surface area contributed by atoms with E-state index in [1.807, 2.05) is 12.1 Å². The second kappa shape index (κ2) is 4.77. The number of esters is 1. The van der Waals surface area contributed by atoms with E-state index < -0.39 is 0 Å². The van der Waals surface area contributed by atoms with Crippen molar-refractivity contribution in [1.82, 2.24) is 0 Å². The zero-order chi connectivity index (χ0) is 9.84. The SMILES string of the molecule is COC(=O)c1ccccc1C(Br)Br. The van der Waals surface area contributed by atoms with E-state index in [2.05, 4.69) is 36.6 Å². The lowest BCUT2D eigenvalue weighted by Crippen LogP contribution is -2.04. The molecule has 0 heterocycles. The van der Waals surface area contributed by atoms with Gasteiger partial charge in [-0.3, -0.25) is 0 Å². The summed E-state index contributed by atoms with van der Waals surface area (Å²) in [6.07, 6.45) is 0. The smallest absolute Gasteiger partial charge is 0.338 e. The molecule has 0 fully saturated rings. The van der Waals surface area contributed by atoms with Crippen molar-refractivity contribution in [2.75, 3.05) is 7.11 Å². The zero-order valence-electron chi connectivity index (χ0n) is 6.96. The van der Waals surface area contributed by atoms with Crippen LogP contribution in [0, 0.1) is 0 Å². The van der Waals surface area contributed by atoms with Gasteiger partial charge >= 0.3 is 5.97 Å². The average molecular weight is 308 g/mol. The third kappa shape index (κ3) is 2.54. The second-order valence-corrected chi connectivity index (χ2v) is 5.44. The molecule has 4 heteroatoms. The number of methoxy groups -OCH3 is 1. The maximum absolute atomic E-state index is 11.3. The number of carbonyl (C=O) groups excluding carboxylic acids is 1. The van der Waals surface area contributed by atoms with Gasteiger partial charge in [0.25, 0.3) is 0 Å². The van der Waals surface area contributed by atoms with Crippen LogP contribution in [0.2, 0.25) is 0 Å². The molecule has 0 N–H and O–H groups in total. The molecule has 1 rings (SSSR count). The van der Waals surface area contributed by atoms with Gasteiger partial charge in [-0.15, -0.1) is 0 Å². The molecule has 0 aliphatic heterocycles. The van der Waals surface area contributed by atoms with Gasteiger partial charge in [-0.1, -0.05) is 50.1 Å². The predicted molar refractivity (Wildman–Crippen MR) is 58.4 cm³/mol. The molecule has 0 atom stereocenters. The number of hydrogen-bond acceptors (Lipinski definition) is 2. The number of alkyl halides is 2. The molecule has 0 radical (unpaired) electrons. The highest BCUT2D eigenvalue weighted by molar-refractivity contribution is 9.24. The Bertz CT molecular complexity index is 310. The standard InChI is InChI=1S/C9H8Br2O2/c1-13-9(12)7-5-3-2-4-6(7)8(10)11/h2-5,8H,1H3. The molecular weight excluding hydrogens is 300 g/mol. The molecular formula is C9H8Br2O2. The first-order valence-corrected chi connectivity index (χ1v) is 5.45. The van der Waals surface area contributed by atoms with E-state index in [4.69, 9.17) is 0 Å². The summed E-state index contributed by atoms with van der Waals surface area (Å²) in [5.74, 6) is -0.320. The topological polar surface area (TPSA) is 26.3 Å². The van der Waals surface area contributed by atoms with Crippen molar-refractivity contribution in [1.29, 1.82) is 0 Å². The fourth-order valence-electron chi connectivity index (χ4n) is 0.983. The molecule has 70 valence electrons. The van der Waals surface area contributed by atoms with Gasteiger partial charge in [-0.2, -0.15) is 0 Å². The van der Waals surface area contributed by atoms with Gasteiger partial charge in [0.1, 0.15) is 0 Å². The summed E-state index contributed by atoms with van der Waals surface area (Å²) in [5.41, 5.74) is 1.44. The normalized spacial score (nSPS) is 10.2. The number of hydrogen-bond donors (Lipinski definition) is 0. The third-order valence-corrected chi connectivity index (χ3v) is 2.59. The van der Waals surface area contributed by atoms with Gasteiger partial charge in [0.2, 0.25) is 0 Å². The van der Waals surface area contributed by atoms with Crippen molar-refractivity contribution in [3.63, 3.8) is 0 Å². The van der Waals surface area contributed by atoms with E-state index in [9.17, 15) is 4.79 Å². The highest BCUT2D eigenvalue weighted by atomic mass is 79.9. The largest absolute Gasteiger partial charge is 0.465 e. The van der Waals surface area contributed by atoms with Crippen LogP contribution in [-0.2, 0) is 4.74 Å². The molecule has 0 unspecified atom stereocenters. The Balaban J connectivity index is 3.12. The Kier molecular flexibility index (Phi) is 3.93. The van der Waals surface area contributed by atoms with E-state index in [1.165, 1.54) is 7.11 Å². The molecule has 1 aromatic carbocycles. The van der Waals surface area contributed by atoms with E-state index in [0.717, 1.165) is 5.56 Å². The predicted octanol–water partition coefficient (Wildman–Crippen LogP) is 3.26. The zero-order valence-corrected chi connectivity index (χ0v) is 10.1. The lowest BCUT2D eigenvalue weighted by atomic mass is 10.1. The minimum atomic E-state index is -0.320. The van der Waals surface area contributed by atoms with Crippen molar-refractivity contribution in [3.05, 3.63) is 35.4 Å². The molecule has 0 saturated carbocycles. The number of rotatable bonds is 2. The maximum atomic E-state index is 11.3. The number of carbonyl (C=O) groups is 1. The summed E-state index contributed by atoms with van der Waals surface area (Å²) in [5, 5.41) is 0. The molecule has 0 bridgehead atoms. The van der Waals surface area contributed by atoms with Crippen molar-refractivity contribution in [2.45, 2.75) is 3.74 Å². The number of ether oxygens (including phenoxy) is 1. The van der Waals surface area contributed by atoms with Gasteiger partial charge in [-0.05, 0) is 11.6 Å². The molecule has 0 spiro atoms. The summed E-state index contributed by atoms with van der Waals surface area (Å²) in [6, 6.07) is 7.27. The first-order valence-electron chi connectivity index (χ1n) is 3.62. The second-order valence-electron chi connectivity index (χ2n) is 2.38. The van der Waals surface area contributed by atoms with Gasteiger partial charge in [0, 0.05) is 0 Å². The number of halogens is 2. The van der Waals surface area contributed by atoms with Crippen LogP contribution in [-0.4, -0.2) is 13.1 Å². The Morgan fingerprint density at radius 3 is 2.54 bits per heavy atom. The molecule has 0 aromatic heterocycles. The first kappa shape index (κ1) is 10.7. The van der Waals surface area contributed by atoms with Crippen LogP contribution < -0.4 is 0 Å². The lowest BCUT2D eigenvalue weighted by molar-refractivity contribution is 0.0600. The molecule has 1 aromatic rings. The molecule has 2 nitrogen and oxygen atoms in total. The maximum Gasteiger partial charge on any atom is 0.338 e. The minimum Gasteiger partial charge on any atom is -0.465 e. The van der Waals surface area contributed by atoms with Crippen molar-refractivity contribution in [2.24, 2.45) is 0 Å². The highest BCUT2D eigenvalue weighted by Crippen LogP contribution is 2.31. The van der Waals surface area contributed by atoms with Crippen LogP contribution in [0.5, 0.6) is 0 Å². The molecule has 0 aliphatic rings. The Morgan fingerprint density at radius 2 is 2.00 bits per heavy atom. The van der Waals surface area contributed by atoms with Crippen LogP contribution in [0.1, 0.15) is 19.7 Å². The van der Waals surface area contributed by atoms with Crippen LogP contribution in [0.4, 0.5) is 0 Å². The minimum absolute atomic E-state index is 0.0321. The quantitative estimate of drug-likeness (QED) is 0.619. The monoisotopic (exact) mass is 306 g/mol. The summed E-state index contributed by atoms with van der Waals surface area (Å²) >= 11 is 6.68. The van der Waals surface area contributed by atoms with Gasteiger partial charge in [0.15, 0.2) is 0 Å². The van der Waals surface area contributed by atoms with Gasteiger partial charge in [0.05, 0.1) is 16.4 Å². The molecule has 0 saturated heterocycles. The van der Waals surface area contributed by atoms with Crippen molar-refractivity contribution in [3.8, 4) is 0 Å². The van der Waals surface area contributed by atoms with Crippen LogP contribution in [0.15, 0.2) is 24.3 Å². The molecule has 0 amide bonds.